The lowest BCUT2D eigenvalue weighted by molar-refractivity contribution is 0.247. The first-order valence-corrected chi connectivity index (χ1v) is 9.22. The Morgan fingerprint density at radius 3 is 2.50 bits per heavy atom. The van der Waals surface area contributed by atoms with Crippen LogP contribution < -0.4 is 20.3 Å². The molecule has 2 N–H and O–H groups in total. The normalized spacial score (nSPS) is 13.5. The Balaban J connectivity index is 1.39. The third-order valence-corrected chi connectivity index (χ3v) is 4.57. The van der Waals surface area contributed by atoms with E-state index in [4.69, 9.17) is 4.74 Å². The molecule has 1 fully saturated rings. The van der Waals surface area contributed by atoms with Crippen molar-refractivity contribution in [3.63, 3.8) is 0 Å². The second-order valence-corrected chi connectivity index (χ2v) is 6.74. The van der Waals surface area contributed by atoms with Crippen molar-refractivity contribution >= 4 is 17.4 Å². The molecule has 2 aromatic carbocycles. The fourth-order valence-corrected chi connectivity index (χ4v) is 3.19. The monoisotopic (exact) mass is 353 g/mol. The van der Waals surface area contributed by atoms with E-state index in [1.165, 1.54) is 24.1 Å². The van der Waals surface area contributed by atoms with E-state index in [0.29, 0.717) is 13.2 Å². The van der Waals surface area contributed by atoms with Crippen molar-refractivity contribution in [3.05, 3.63) is 53.6 Å². The maximum atomic E-state index is 12.0. The van der Waals surface area contributed by atoms with Gasteiger partial charge in [0.15, 0.2) is 0 Å². The van der Waals surface area contributed by atoms with Gasteiger partial charge in [0, 0.05) is 24.5 Å². The first-order chi connectivity index (χ1) is 12.6. The third kappa shape index (κ3) is 4.91. The molecule has 5 heteroatoms. The fraction of sp³-hybridized carbons (Fsp3) is 0.381. The number of nitrogens with zero attached hydrogens (tertiary/aromatic N) is 1. The summed E-state index contributed by atoms with van der Waals surface area (Å²) in [5, 5.41) is 5.67. The molecule has 1 aliphatic heterocycles. The highest BCUT2D eigenvalue weighted by atomic mass is 16.5. The highest BCUT2D eigenvalue weighted by Crippen LogP contribution is 2.22. The van der Waals surface area contributed by atoms with Gasteiger partial charge in [0.2, 0.25) is 0 Å². The Hall–Kier alpha value is -2.69. The molecule has 26 heavy (non-hydrogen) atoms. The molecule has 138 valence electrons. The summed E-state index contributed by atoms with van der Waals surface area (Å²) in [5.41, 5.74) is 4.33. The largest absolute Gasteiger partial charge is 0.491 e. The van der Waals surface area contributed by atoms with Crippen LogP contribution in [0.15, 0.2) is 42.5 Å². The number of nitrogens with one attached hydrogen (secondary N) is 2. The lowest BCUT2D eigenvalue weighted by Gasteiger charge is -2.17. The molecule has 5 nitrogen and oxygen atoms in total. The molecule has 2 aromatic rings. The van der Waals surface area contributed by atoms with Crippen molar-refractivity contribution in [1.82, 2.24) is 5.32 Å². The molecule has 0 spiro atoms. The van der Waals surface area contributed by atoms with Crippen LogP contribution in [0.3, 0.4) is 0 Å². The molecule has 3 rings (SSSR count). The van der Waals surface area contributed by atoms with E-state index in [1.54, 1.807) is 0 Å². The van der Waals surface area contributed by atoms with Gasteiger partial charge in [-0.05, 0) is 62.6 Å². The number of amides is 2. The highest BCUT2D eigenvalue weighted by Gasteiger charge is 2.12. The number of aryl methyl sites for hydroxylation is 2. The van der Waals surface area contributed by atoms with Gasteiger partial charge in [0.05, 0.1) is 6.54 Å². The van der Waals surface area contributed by atoms with E-state index < -0.39 is 0 Å². The Morgan fingerprint density at radius 2 is 1.81 bits per heavy atom. The van der Waals surface area contributed by atoms with Crippen LogP contribution in [-0.2, 0) is 0 Å². The van der Waals surface area contributed by atoms with E-state index in [1.807, 2.05) is 31.2 Å². The molecule has 1 aliphatic rings. The average molecular weight is 353 g/mol. The molecule has 2 amide bonds. The summed E-state index contributed by atoms with van der Waals surface area (Å²) in [6.45, 7) is 7.20. The Kier molecular flexibility index (Phi) is 6.00. The summed E-state index contributed by atoms with van der Waals surface area (Å²) < 4.78 is 5.72. The van der Waals surface area contributed by atoms with E-state index in [9.17, 15) is 4.79 Å². The van der Waals surface area contributed by atoms with E-state index in [0.717, 1.165) is 30.1 Å². The minimum Gasteiger partial charge on any atom is -0.491 e. The van der Waals surface area contributed by atoms with E-state index >= 15 is 0 Å². The third-order valence-electron chi connectivity index (χ3n) is 4.57. The van der Waals surface area contributed by atoms with Gasteiger partial charge < -0.3 is 20.3 Å². The number of ether oxygens (including phenoxy) is 1. The van der Waals surface area contributed by atoms with E-state index in [-0.39, 0.29) is 6.03 Å². The first-order valence-electron chi connectivity index (χ1n) is 9.22. The molecular formula is C21H27N3O2. The van der Waals surface area contributed by atoms with Gasteiger partial charge in [-0.2, -0.15) is 0 Å². The molecule has 0 aliphatic carbocycles. The van der Waals surface area contributed by atoms with Crippen LogP contribution in [-0.4, -0.2) is 32.3 Å². The molecule has 0 bridgehead atoms. The highest BCUT2D eigenvalue weighted by molar-refractivity contribution is 5.89. The second-order valence-electron chi connectivity index (χ2n) is 6.74. The van der Waals surface area contributed by atoms with Crippen LogP contribution in [0.25, 0.3) is 0 Å². The van der Waals surface area contributed by atoms with Crippen molar-refractivity contribution in [2.45, 2.75) is 26.7 Å². The van der Waals surface area contributed by atoms with Crippen LogP contribution in [0.2, 0.25) is 0 Å². The number of anilines is 2. The first kappa shape index (κ1) is 18.1. The molecule has 0 unspecified atom stereocenters. The summed E-state index contributed by atoms with van der Waals surface area (Å²) in [4.78, 5) is 14.4. The van der Waals surface area contributed by atoms with Crippen LogP contribution >= 0.6 is 0 Å². The lowest BCUT2D eigenvalue weighted by atomic mass is 10.1. The lowest BCUT2D eigenvalue weighted by Crippen LogP contribution is -2.32. The number of rotatable bonds is 6. The fourth-order valence-electron chi connectivity index (χ4n) is 3.19. The van der Waals surface area contributed by atoms with Gasteiger partial charge in [0.1, 0.15) is 12.4 Å². The summed E-state index contributed by atoms with van der Waals surface area (Å²) in [7, 11) is 0. The molecule has 0 atom stereocenters. The van der Waals surface area contributed by atoms with Crippen molar-refractivity contribution in [2.75, 3.05) is 36.5 Å². The molecule has 1 heterocycles. The number of urea groups is 1. The van der Waals surface area contributed by atoms with Gasteiger partial charge in [-0.3, -0.25) is 0 Å². The SMILES string of the molecule is Cc1ccc(OCCNC(=O)Nc2ccc(N3CCCC3)cc2)c(C)c1. The zero-order valence-electron chi connectivity index (χ0n) is 15.5. The number of hydrogen-bond donors (Lipinski definition) is 2. The van der Waals surface area contributed by atoms with Gasteiger partial charge in [0.25, 0.3) is 0 Å². The summed E-state index contributed by atoms with van der Waals surface area (Å²) in [6.07, 6.45) is 2.51. The quantitative estimate of drug-likeness (QED) is 0.769. The van der Waals surface area contributed by atoms with Gasteiger partial charge in [-0.25, -0.2) is 4.79 Å². The van der Waals surface area contributed by atoms with Gasteiger partial charge in [-0.1, -0.05) is 17.7 Å². The maximum Gasteiger partial charge on any atom is 0.319 e. The predicted molar refractivity (Wildman–Crippen MR) is 106 cm³/mol. The van der Waals surface area contributed by atoms with Crippen LogP contribution in [0.4, 0.5) is 16.2 Å². The molecule has 0 aromatic heterocycles. The standard InChI is InChI=1S/C21H27N3O2/c1-16-5-10-20(17(2)15-16)26-14-11-22-21(25)23-18-6-8-19(9-7-18)24-12-3-4-13-24/h5-10,15H,3-4,11-14H2,1-2H3,(H2,22,23,25). The number of carbonyl (C=O) groups is 1. The number of carbonyl (C=O) groups excluding carboxylic acids is 1. The molecule has 0 saturated carbocycles. The molecular weight excluding hydrogens is 326 g/mol. The summed E-state index contributed by atoms with van der Waals surface area (Å²) in [6, 6.07) is 13.9. The van der Waals surface area contributed by atoms with Crippen molar-refractivity contribution < 1.29 is 9.53 Å². The zero-order valence-corrected chi connectivity index (χ0v) is 15.5. The van der Waals surface area contributed by atoms with Crippen LogP contribution in [0.1, 0.15) is 24.0 Å². The van der Waals surface area contributed by atoms with Crippen LogP contribution in [0, 0.1) is 13.8 Å². The maximum absolute atomic E-state index is 12.0. The van der Waals surface area contributed by atoms with Crippen molar-refractivity contribution in [2.24, 2.45) is 0 Å². The van der Waals surface area contributed by atoms with E-state index in [2.05, 4.69) is 40.7 Å². The number of hydrogen-bond acceptors (Lipinski definition) is 3. The van der Waals surface area contributed by atoms with Crippen molar-refractivity contribution in [1.29, 1.82) is 0 Å². The Morgan fingerprint density at radius 1 is 1.08 bits per heavy atom. The molecule has 0 radical (unpaired) electrons. The Bertz CT molecular complexity index is 737. The second kappa shape index (κ2) is 8.61. The number of benzene rings is 2. The smallest absolute Gasteiger partial charge is 0.319 e. The van der Waals surface area contributed by atoms with Gasteiger partial charge in [-0.15, -0.1) is 0 Å². The van der Waals surface area contributed by atoms with Gasteiger partial charge >= 0.3 is 6.03 Å². The summed E-state index contributed by atoms with van der Waals surface area (Å²) in [5.74, 6) is 0.857. The molecule has 1 saturated heterocycles. The topological polar surface area (TPSA) is 53.6 Å². The average Bonchev–Trinajstić information content (AvgIpc) is 3.15. The minimum absolute atomic E-state index is 0.219. The Labute approximate surface area is 155 Å². The zero-order chi connectivity index (χ0) is 18.4. The summed E-state index contributed by atoms with van der Waals surface area (Å²) >= 11 is 0. The minimum atomic E-state index is -0.219. The van der Waals surface area contributed by atoms with Crippen LogP contribution in [0.5, 0.6) is 5.75 Å². The van der Waals surface area contributed by atoms with Crippen molar-refractivity contribution in [3.8, 4) is 5.75 Å². The predicted octanol–water partition coefficient (Wildman–Crippen LogP) is 4.10.